The minimum Gasteiger partial charge on any atom is -0.466 e. The van der Waals surface area contributed by atoms with E-state index >= 15 is 0 Å². The molecule has 65 heavy (non-hydrogen) atoms. The van der Waals surface area contributed by atoms with Crippen molar-refractivity contribution in [1.29, 1.82) is 0 Å². The van der Waals surface area contributed by atoms with Crippen molar-refractivity contribution >= 4 is 11.9 Å². The van der Waals surface area contributed by atoms with Gasteiger partial charge in [-0.2, -0.15) is 0 Å². The highest BCUT2D eigenvalue weighted by molar-refractivity contribution is 5.76. The maximum absolute atomic E-state index is 12.4. The van der Waals surface area contributed by atoms with Gasteiger partial charge in [0.2, 0.25) is 5.91 Å². The van der Waals surface area contributed by atoms with Crippen LogP contribution < -0.4 is 5.32 Å². The van der Waals surface area contributed by atoms with Crippen molar-refractivity contribution in [2.24, 2.45) is 0 Å². The average Bonchev–Trinajstić information content (AvgIpc) is 3.31. The first kappa shape index (κ1) is 63.3. The minimum atomic E-state index is -0.844. The van der Waals surface area contributed by atoms with E-state index in [4.69, 9.17) is 4.74 Å². The Kier molecular flexibility index (Phi) is 53.5. The molecule has 0 heterocycles. The highest BCUT2D eigenvalue weighted by Crippen LogP contribution is 2.17. The molecule has 0 rings (SSSR count). The number of esters is 1. The van der Waals surface area contributed by atoms with Gasteiger partial charge in [0.1, 0.15) is 0 Å². The number of hydrogen-bond acceptors (Lipinski definition) is 5. The van der Waals surface area contributed by atoms with E-state index in [0.29, 0.717) is 19.4 Å². The highest BCUT2D eigenvalue weighted by atomic mass is 16.5. The molecule has 0 fully saturated rings. The number of aliphatic hydroxyl groups is 2. The zero-order valence-corrected chi connectivity index (χ0v) is 43.7. The van der Waals surface area contributed by atoms with Crippen molar-refractivity contribution in [3.8, 4) is 0 Å². The van der Waals surface area contributed by atoms with Gasteiger partial charge in [0, 0.05) is 12.8 Å². The number of aliphatic hydroxyl groups excluding tert-OH is 2. The second kappa shape index (κ2) is 54.9. The van der Waals surface area contributed by atoms with Gasteiger partial charge in [-0.05, 0) is 57.8 Å². The lowest BCUT2D eigenvalue weighted by atomic mass is 10.0. The van der Waals surface area contributed by atoms with Crippen LogP contribution in [0.5, 0.6) is 0 Å². The summed E-state index contributed by atoms with van der Waals surface area (Å²) in [6, 6.07) is -0.628. The molecule has 0 saturated heterocycles. The van der Waals surface area contributed by atoms with E-state index in [1.54, 1.807) is 6.08 Å². The largest absolute Gasteiger partial charge is 0.466 e. The maximum Gasteiger partial charge on any atom is 0.305 e. The van der Waals surface area contributed by atoms with Crippen molar-refractivity contribution in [2.45, 2.75) is 328 Å². The van der Waals surface area contributed by atoms with E-state index in [2.05, 4.69) is 31.3 Å². The van der Waals surface area contributed by atoms with Crippen LogP contribution in [0.25, 0.3) is 0 Å². The van der Waals surface area contributed by atoms with E-state index in [1.165, 1.54) is 244 Å². The van der Waals surface area contributed by atoms with Gasteiger partial charge in [-0.15, -0.1) is 0 Å². The monoisotopic (exact) mass is 916 g/mol. The van der Waals surface area contributed by atoms with Crippen molar-refractivity contribution in [2.75, 3.05) is 13.2 Å². The number of carbonyl (C=O) groups is 2. The van der Waals surface area contributed by atoms with Gasteiger partial charge in [0.25, 0.3) is 0 Å². The van der Waals surface area contributed by atoms with Gasteiger partial charge < -0.3 is 20.3 Å². The molecule has 0 aromatic carbocycles. The van der Waals surface area contributed by atoms with Crippen LogP contribution in [0, 0.1) is 0 Å². The first-order chi connectivity index (χ1) is 32.0. The summed E-state index contributed by atoms with van der Waals surface area (Å²) in [7, 11) is 0. The standard InChI is InChI=1S/C59H113NO5/c1-3-5-7-9-11-13-15-16-17-18-20-24-27-30-33-37-41-45-49-53-59(64)65-54-50-46-42-38-34-31-28-25-22-19-21-23-26-29-32-36-40-44-48-52-58(63)60-56(55-61)57(62)51-47-43-39-35-14-12-10-8-6-4-2/h16-17,47,51,56-57,61-62H,3-15,18-46,48-50,52-55H2,1-2H3,(H,60,63)/b17-16-,51-47+. The van der Waals surface area contributed by atoms with Crippen LogP contribution in [0.15, 0.2) is 24.3 Å². The quantitative estimate of drug-likeness (QED) is 0.0321. The van der Waals surface area contributed by atoms with Gasteiger partial charge in [-0.25, -0.2) is 0 Å². The molecule has 6 heteroatoms. The van der Waals surface area contributed by atoms with Gasteiger partial charge in [0.05, 0.1) is 25.4 Å². The minimum absolute atomic E-state index is 0.00781. The summed E-state index contributed by atoms with van der Waals surface area (Å²) in [5.41, 5.74) is 0. The molecule has 0 aromatic heterocycles. The van der Waals surface area contributed by atoms with E-state index in [1.807, 2.05) is 6.08 Å². The van der Waals surface area contributed by atoms with E-state index < -0.39 is 12.1 Å². The Morgan fingerprint density at radius 1 is 0.415 bits per heavy atom. The molecule has 0 radical (unpaired) electrons. The van der Waals surface area contributed by atoms with Crippen molar-refractivity contribution in [3.63, 3.8) is 0 Å². The van der Waals surface area contributed by atoms with E-state index in [-0.39, 0.29) is 18.5 Å². The second-order valence-electron chi connectivity index (χ2n) is 20.0. The molecule has 0 aliphatic rings. The molecule has 0 spiro atoms. The number of ether oxygens (including phenoxy) is 1. The molecule has 2 atom stereocenters. The third-order valence-corrected chi connectivity index (χ3v) is 13.5. The van der Waals surface area contributed by atoms with E-state index in [9.17, 15) is 19.8 Å². The summed E-state index contributed by atoms with van der Waals surface area (Å²) in [5, 5.41) is 23.0. The number of carbonyl (C=O) groups excluding carboxylic acids is 2. The number of unbranched alkanes of at least 4 members (excludes halogenated alkanes) is 41. The molecular weight excluding hydrogens is 803 g/mol. The number of amides is 1. The van der Waals surface area contributed by atoms with Crippen LogP contribution in [0.2, 0.25) is 0 Å². The first-order valence-corrected chi connectivity index (χ1v) is 29.1. The zero-order chi connectivity index (χ0) is 47.2. The smallest absolute Gasteiger partial charge is 0.305 e. The predicted molar refractivity (Wildman–Crippen MR) is 283 cm³/mol. The number of hydrogen-bond donors (Lipinski definition) is 3. The first-order valence-electron chi connectivity index (χ1n) is 29.1. The molecular formula is C59H113NO5. The molecule has 3 N–H and O–H groups in total. The maximum atomic E-state index is 12.4. The fraction of sp³-hybridized carbons (Fsp3) is 0.898. The molecule has 0 bridgehead atoms. The third kappa shape index (κ3) is 51.6. The highest BCUT2D eigenvalue weighted by Gasteiger charge is 2.18. The SMILES string of the molecule is CCCCCCCC/C=C\CCCCCCCCCCCC(=O)OCCCCCCCCCCCCCCCCCCCCCC(=O)NC(CO)C(O)/C=C/CCCCCCCCCC. The average molecular weight is 917 g/mol. The summed E-state index contributed by atoms with van der Waals surface area (Å²) >= 11 is 0. The van der Waals surface area contributed by atoms with Crippen molar-refractivity contribution in [3.05, 3.63) is 24.3 Å². The molecule has 0 saturated carbocycles. The fourth-order valence-electron chi connectivity index (χ4n) is 8.98. The summed E-state index contributed by atoms with van der Waals surface area (Å²) in [5.74, 6) is -0.0644. The van der Waals surface area contributed by atoms with E-state index in [0.717, 1.165) is 44.9 Å². The zero-order valence-electron chi connectivity index (χ0n) is 43.7. The summed E-state index contributed by atoms with van der Waals surface area (Å²) in [4.78, 5) is 24.5. The van der Waals surface area contributed by atoms with Crippen LogP contribution in [-0.2, 0) is 14.3 Å². The normalized spacial score (nSPS) is 12.7. The molecule has 384 valence electrons. The molecule has 0 aliphatic heterocycles. The van der Waals surface area contributed by atoms with Crippen LogP contribution in [0.4, 0.5) is 0 Å². The lowest BCUT2D eigenvalue weighted by molar-refractivity contribution is -0.143. The van der Waals surface area contributed by atoms with Crippen molar-refractivity contribution < 1.29 is 24.5 Å². The van der Waals surface area contributed by atoms with Gasteiger partial charge >= 0.3 is 5.97 Å². The van der Waals surface area contributed by atoms with Crippen LogP contribution in [0.3, 0.4) is 0 Å². The number of allylic oxidation sites excluding steroid dienone is 3. The van der Waals surface area contributed by atoms with Crippen molar-refractivity contribution in [1.82, 2.24) is 5.32 Å². The van der Waals surface area contributed by atoms with Gasteiger partial charge in [-0.3, -0.25) is 9.59 Å². The Morgan fingerprint density at radius 2 is 0.723 bits per heavy atom. The molecule has 6 nitrogen and oxygen atoms in total. The lowest BCUT2D eigenvalue weighted by Gasteiger charge is -2.20. The summed E-state index contributed by atoms with van der Waals surface area (Å²) in [6.45, 7) is 4.88. The second-order valence-corrected chi connectivity index (χ2v) is 20.0. The number of nitrogens with one attached hydrogen (secondary N) is 1. The molecule has 2 unspecified atom stereocenters. The topological polar surface area (TPSA) is 95.9 Å². The Balaban J connectivity index is 3.37. The molecule has 0 aromatic rings. The number of rotatable bonds is 54. The Hall–Kier alpha value is -1.66. The van der Waals surface area contributed by atoms with Gasteiger partial charge in [-0.1, -0.05) is 269 Å². The summed E-state index contributed by atoms with van der Waals surface area (Å²) in [6.07, 6.45) is 66.4. The predicted octanol–water partition coefficient (Wildman–Crippen LogP) is 17.9. The summed E-state index contributed by atoms with van der Waals surface area (Å²) < 4.78 is 5.49. The van der Waals surface area contributed by atoms with Crippen LogP contribution in [-0.4, -0.2) is 47.4 Å². The molecule has 1 amide bonds. The van der Waals surface area contributed by atoms with Crippen LogP contribution >= 0.6 is 0 Å². The van der Waals surface area contributed by atoms with Crippen LogP contribution in [0.1, 0.15) is 316 Å². The Morgan fingerprint density at radius 3 is 1.09 bits per heavy atom. The Labute approximate surface area is 405 Å². The third-order valence-electron chi connectivity index (χ3n) is 13.5. The lowest BCUT2D eigenvalue weighted by Crippen LogP contribution is -2.45. The molecule has 0 aliphatic carbocycles. The van der Waals surface area contributed by atoms with Gasteiger partial charge in [0.15, 0.2) is 0 Å². The Bertz CT molecular complexity index is 1010. The fourth-order valence-corrected chi connectivity index (χ4v) is 8.98.